The first-order valence-electron chi connectivity index (χ1n) is 9.51. The summed E-state index contributed by atoms with van der Waals surface area (Å²) in [5.41, 5.74) is -3.59. The van der Waals surface area contributed by atoms with Gasteiger partial charge in [0.05, 0.1) is 17.5 Å². The van der Waals surface area contributed by atoms with Crippen LogP contribution in [-0.4, -0.2) is 32.4 Å². The second kappa shape index (κ2) is 8.43. The molecule has 0 bridgehead atoms. The molecule has 0 aliphatic heterocycles. The maximum Gasteiger partial charge on any atom is 0.433 e. The summed E-state index contributed by atoms with van der Waals surface area (Å²) in [6.07, 6.45) is -11.1. The van der Waals surface area contributed by atoms with Crippen LogP contribution in [0, 0.1) is 0 Å². The zero-order valence-electron chi connectivity index (χ0n) is 17.0. The Morgan fingerprint density at radius 3 is 2.09 bits per heavy atom. The molecule has 1 aromatic carbocycles. The Kier molecular flexibility index (Phi) is 5.85. The summed E-state index contributed by atoms with van der Waals surface area (Å²) in [6.45, 7) is -1.98. The number of aromatic nitrogens is 4. The van der Waals surface area contributed by atoms with Gasteiger partial charge in [-0.1, -0.05) is 0 Å². The minimum absolute atomic E-state index is 0.154. The van der Waals surface area contributed by atoms with Crippen molar-refractivity contribution in [3.8, 4) is 28.1 Å². The van der Waals surface area contributed by atoms with Gasteiger partial charge >= 0.3 is 18.5 Å². The number of hydrogen-bond donors (Lipinski definition) is 0. The number of rotatable bonds is 4. The van der Waals surface area contributed by atoms with Crippen LogP contribution in [0.5, 0.6) is 5.75 Å². The van der Waals surface area contributed by atoms with Crippen molar-refractivity contribution in [3.05, 3.63) is 66.2 Å². The maximum atomic E-state index is 13.8. The van der Waals surface area contributed by atoms with Gasteiger partial charge < -0.3 is 4.74 Å². The Bertz CT molecular complexity index is 1360. The van der Waals surface area contributed by atoms with E-state index in [9.17, 15) is 39.5 Å². The molecule has 0 amide bonds. The molecular weight excluding hydrogens is 495 g/mol. The molecule has 0 aliphatic carbocycles. The number of hydrogen-bond acceptors (Lipinski definition) is 4. The summed E-state index contributed by atoms with van der Waals surface area (Å²) in [4.78, 5) is 7.90. The van der Waals surface area contributed by atoms with Gasteiger partial charge in [0.25, 0.3) is 0 Å². The largest absolute Gasteiger partial charge is 0.483 e. The molecule has 0 N–H and O–H groups in total. The Morgan fingerprint density at radius 1 is 0.800 bits per heavy atom. The summed E-state index contributed by atoms with van der Waals surface area (Å²) >= 11 is 0. The van der Waals surface area contributed by atoms with Crippen LogP contribution in [0.15, 0.2) is 55.0 Å². The van der Waals surface area contributed by atoms with Gasteiger partial charge in [0.1, 0.15) is 5.75 Å². The van der Waals surface area contributed by atoms with E-state index in [1.165, 1.54) is 24.5 Å². The van der Waals surface area contributed by atoms with Crippen molar-refractivity contribution < 1.29 is 44.3 Å². The van der Waals surface area contributed by atoms with Gasteiger partial charge in [-0.3, -0.25) is 4.98 Å². The van der Waals surface area contributed by atoms with E-state index in [0.717, 1.165) is 12.3 Å². The number of alkyl halides is 9. The normalized spacial score (nSPS) is 12.8. The van der Waals surface area contributed by atoms with Crippen molar-refractivity contribution in [3.63, 3.8) is 0 Å². The number of pyridine rings is 1. The number of benzene rings is 1. The van der Waals surface area contributed by atoms with Gasteiger partial charge in [-0.2, -0.15) is 44.6 Å². The van der Waals surface area contributed by atoms with E-state index in [2.05, 4.69) is 19.8 Å². The number of nitrogens with zero attached hydrogens (tertiary/aromatic N) is 4. The molecule has 0 radical (unpaired) electrons. The van der Waals surface area contributed by atoms with Gasteiger partial charge in [-0.15, -0.1) is 0 Å². The lowest BCUT2D eigenvalue weighted by molar-refractivity contribution is -0.158. The molecule has 0 unspecified atom stereocenters. The number of fused-ring (bicyclic) bond motifs is 1. The lowest BCUT2D eigenvalue weighted by atomic mass is 10.1. The first-order chi connectivity index (χ1) is 16.2. The molecule has 0 spiro atoms. The van der Waals surface area contributed by atoms with Crippen molar-refractivity contribution in [2.75, 3.05) is 6.61 Å². The highest BCUT2D eigenvalue weighted by Gasteiger charge is 2.38. The molecule has 35 heavy (non-hydrogen) atoms. The molecular formula is C21H11F9N4O. The van der Waals surface area contributed by atoms with Crippen molar-refractivity contribution in [2.45, 2.75) is 18.5 Å². The van der Waals surface area contributed by atoms with Crippen molar-refractivity contribution >= 4 is 5.65 Å². The number of ether oxygens (including phenoxy) is 1. The molecule has 184 valence electrons. The van der Waals surface area contributed by atoms with Crippen LogP contribution in [0.25, 0.3) is 28.0 Å². The summed E-state index contributed by atoms with van der Waals surface area (Å²) < 4.78 is 124. The van der Waals surface area contributed by atoms with E-state index in [-0.39, 0.29) is 11.2 Å². The first kappa shape index (κ1) is 24.3. The fraction of sp³-hybridized carbons (Fsp3) is 0.190. The highest BCUT2D eigenvalue weighted by Crippen LogP contribution is 2.40. The van der Waals surface area contributed by atoms with Crippen LogP contribution in [0.1, 0.15) is 11.3 Å². The fourth-order valence-corrected chi connectivity index (χ4v) is 3.24. The van der Waals surface area contributed by atoms with Crippen molar-refractivity contribution in [1.82, 2.24) is 19.6 Å². The van der Waals surface area contributed by atoms with Crippen LogP contribution in [-0.2, 0) is 12.4 Å². The van der Waals surface area contributed by atoms with E-state index in [1.807, 2.05) is 0 Å². The highest BCUT2D eigenvalue weighted by molar-refractivity contribution is 5.79. The van der Waals surface area contributed by atoms with Gasteiger partial charge in [-0.05, 0) is 42.0 Å². The lowest BCUT2D eigenvalue weighted by Crippen LogP contribution is -2.21. The molecule has 5 nitrogen and oxygen atoms in total. The minimum Gasteiger partial charge on any atom is -0.483 e. The SMILES string of the molecule is FC(F)(F)COc1ccc(-c2cc(C(F)(F)F)n3ncc(-c4ccncc4)c3n2)cc1C(F)(F)F. The molecule has 3 aromatic heterocycles. The van der Waals surface area contributed by atoms with Gasteiger partial charge in [-0.25, -0.2) is 9.50 Å². The molecule has 3 heterocycles. The average Bonchev–Trinajstić information content (AvgIpc) is 3.19. The molecule has 4 aromatic rings. The van der Waals surface area contributed by atoms with E-state index < -0.39 is 53.4 Å². The van der Waals surface area contributed by atoms with Gasteiger partial charge in [0, 0.05) is 23.5 Å². The molecule has 0 atom stereocenters. The third-order valence-corrected chi connectivity index (χ3v) is 4.73. The summed E-state index contributed by atoms with van der Waals surface area (Å²) in [6, 6.07) is 5.33. The Hall–Kier alpha value is -3.84. The molecule has 0 saturated heterocycles. The second-order valence-corrected chi connectivity index (χ2v) is 7.17. The van der Waals surface area contributed by atoms with Crippen LogP contribution < -0.4 is 4.74 Å². The third-order valence-electron chi connectivity index (χ3n) is 4.73. The maximum absolute atomic E-state index is 13.8. The minimum atomic E-state index is -5.16. The van der Waals surface area contributed by atoms with Crippen LogP contribution >= 0.6 is 0 Å². The van der Waals surface area contributed by atoms with Gasteiger partial charge in [0.15, 0.2) is 17.9 Å². The predicted octanol–water partition coefficient (Wildman–Crippen LogP) is 6.44. The van der Waals surface area contributed by atoms with Crippen LogP contribution in [0.3, 0.4) is 0 Å². The fourth-order valence-electron chi connectivity index (χ4n) is 3.24. The third kappa shape index (κ3) is 5.15. The molecule has 0 fully saturated rings. The zero-order valence-corrected chi connectivity index (χ0v) is 17.0. The molecule has 14 heteroatoms. The zero-order chi connectivity index (χ0) is 25.6. The number of halogens is 9. The quantitative estimate of drug-likeness (QED) is 0.299. The highest BCUT2D eigenvalue weighted by atomic mass is 19.4. The molecule has 4 rings (SSSR count). The smallest absolute Gasteiger partial charge is 0.433 e. The predicted molar refractivity (Wildman–Crippen MR) is 103 cm³/mol. The van der Waals surface area contributed by atoms with E-state index >= 15 is 0 Å². The Morgan fingerprint density at radius 2 is 1.49 bits per heavy atom. The van der Waals surface area contributed by atoms with Crippen LogP contribution in [0.4, 0.5) is 39.5 Å². The standard InChI is InChI=1S/C21H11F9N4O/c22-19(23,24)10-35-16-2-1-12(7-14(16)20(25,26)27)15-8-17(21(28,29)30)34-18(33-15)13(9-32-34)11-3-5-31-6-4-11/h1-9H,10H2. The van der Waals surface area contributed by atoms with E-state index in [0.29, 0.717) is 28.3 Å². The van der Waals surface area contributed by atoms with Crippen molar-refractivity contribution in [1.29, 1.82) is 0 Å². The summed E-state index contributed by atoms with van der Waals surface area (Å²) in [5, 5.41) is 3.72. The van der Waals surface area contributed by atoms with E-state index in [1.54, 1.807) is 0 Å². The Balaban J connectivity index is 1.90. The second-order valence-electron chi connectivity index (χ2n) is 7.17. The Labute approximate surface area is 189 Å². The van der Waals surface area contributed by atoms with E-state index in [4.69, 9.17) is 0 Å². The topological polar surface area (TPSA) is 52.3 Å². The first-order valence-corrected chi connectivity index (χ1v) is 9.51. The molecule has 0 aliphatic rings. The summed E-state index contributed by atoms with van der Waals surface area (Å²) in [7, 11) is 0. The van der Waals surface area contributed by atoms with Gasteiger partial charge in [0.2, 0.25) is 0 Å². The van der Waals surface area contributed by atoms with Crippen molar-refractivity contribution in [2.24, 2.45) is 0 Å². The molecule has 0 saturated carbocycles. The van der Waals surface area contributed by atoms with Crippen LogP contribution in [0.2, 0.25) is 0 Å². The average molecular weight is 506 g/mol. The monoisotopic (exact) mass is 506 g/mol. The summed E-state index contributed by atoms with van der Waals surface area (Å²) in [5.74, 6) is -1.13. The lowest BCUT2D eigenvalue weighted by Gasteiger charge is -2.17.